The van der Waals surface area contributed by atoms with E-state index < -0.39 is 0 Å². The lowest BCUT2D eigenvalue weighted by atomic mass is 9.79. The van der Waals surface area contributed by atoms with Crippen LogP contribution in [-0.4, -0.2) is 35.0 Å². The zero-order chi connectivity index (χ0) is 35.0. The summed E-state index contributed by atoms with van der Waals surface area (Å²) in [5.41, 5.74) is 8.26. The molecule has 6 rings (SSSR count). The minimum Gasteiger partial charge on any atom is -0.483 e. The molecule has 0 saturated carbocycles. The van der Waals surface area contributed by atoms with Crippen molar-refractivity contribution in [3.63, 3.8) is 0 Å². The molecule has 0 aliphatic carbocycles. The highest BCUT2D eigenvalue weighted by atomic mass is 16.3. The topological polar surface area (TPSA) is 43.5 Å². The minimum absolute atomic E-state index is 0.0657. The van der Waals surface area contributed by atoms with E-state index in [-0.39, 0.29) is 17.3 Å². The van der Waals surface area contributed by atoms with Crippen LogP contribution >= 0.6 is 0 Å². The summed E-state index contributed by atoms with van der Waals surface area (Å²) < 4.78 is 2.53. The molecule has 4 aromatic rings. The van der Waals surface area contributed by atoms with Gasteiger partial charge in [-0.25, -0.2) is 0 Å². The first-order valence-corrected chi connectivity index (χ1v) is 18.0. The summed E-state index contributed by atoms with van der Waals surface area (Å²) in [5.74, 6) is 0. The summed E-state index contributed by atoms with van der Waals surface area (Å²) in [6, 6.07) is 26.9. The van der Waals surface area contributed by atoms with E-state index in [2.05, 4.69) is 166 Å². The number of hydrogen-bond acceptors (Lipinski definition) is 2. The fraction of sp³-hybridized carbons (Fsp3) is 0.333. The molecule has 0 saturated heterocycles. The normalized spacial score (nSPS) is 17.1. The standard InChI is InChI=1S/C44H51N2.CH2O2/c1-7-9-10-20-32-46-38-30-28-34-22-17-19-24-36(34)42(38)44(5,6)40(46)26-15-13-11-12-14-25-39-43(3,4)41-35-23-18-16-21-33(35)27-29-37(41)45(39)31-8-2;2-1-3/h11-19,21-30H,7-10,20,31-32H2,1-6H3;1H,(H,2,3)/q+1;. The van der Waals surface area contributed by atoms with Gasteiger partial charge in [0.25, 0.3) is 6.47 Å². The van der Waals surface area contributed by atoms with E-state index in [4.69, 9.17) is 9.90 Å². The minimum atomic E-state index is -0.250. The Labute approximate surface area is 293 Å². The Morgan fingerprint density at radius 1 is 0.694 bits per heavy atom. The van der Waals surface area contributed by atoms with Gasteiger partial charge >= 0.3 is 0 Å². The maximum atomic E-state index is 8.36. The number of allylic oxidation sites excluding steroid dienone is 8. The number of hydrogen-bond donors (Lipinski definition) is 1. The lowest BCUT2D eigenvalue weighted by Gasteiger charge is -2.27. The summed E-state index contributed by atoms with van der Waals surface area (Å²) in [7, 11) is 0. The van der Waals surface area contributed by atoms with E-state index in [9.17, 15) is 0 Å². The Bertz CT molecular complexity index is 1950. The SMILES string of the molecule is CCCCCCN1\C(=C/C=C/C=C/C=C/C2=[N+](CCC)c3ccc4ccccc4c3C2(C)C)C(C)(C)c2c1ccc1ccccc21.O=CO. The van der Waals surface area contributed by atoms with Gasteiger partial charge in [-0.05, 0) is 65.6 Å². The van der Waals surface area contributed by atoms with Gasteiger partial charge in [-0.1, -0.05) is 132 Å². The molecule has 0 spiro atoms. The average molecular weight is 654 g/mol. The monoisotopic (exact) mass is 653 g/mol. The molecule has 0 amide bonds. The number of fused-ring (bicyclic) bond motifs is 6. The molecule has 0 radical (unpaired) electrons. The average Bonchev–Trinajstić information content (AvgIpc) is 3.45. The highest BCUT2D eigenvalue weighted by Crippen LogP contribution is 2.51. The molecule has 0 aromatic heterocycles. The van der Waals surface area contributed by atoms with Crippen LogP contribution in [0.5, 0.6) is 0 Å². The van der Waals surface area contributed by atoms with Gasteiger partial charge in [0.2, 0.25) is 5.69 Å². The summed E-state index contributed by atoms with van der Waals surface area (Å²) in [5, 5.41) is 12.3. The third kappa shape index (κ3) is 7.06. The summed E-state index contributed by atoms with van der Waals surface area (Å²) in [4.78, 5) is 11.0. The molecule has 49 heavy (non-hydrogen) atoms. The highest BCUT2D eigenvalue weighted by Gasteiger charge is 2.45. The smallest absolute Gasteiger partial charge is 0.290 e. The molecule has 0 atom stereocenters. The van der Waals surface area contributed by atoms with Gasteiger partial charge in [0, 0.05) is 47.5 Å². The van der Waals surface area contributed by atoms with E-state index in [1.54, 1.807) is 0 Å². The number of benzene rings is 4. The first kappa shape index (κ1) is 35.6. The van der Waals surface area contributed by atoms with Crippen LogP contribution in [0.25, 0.3) is 21.5 Å². The van der Waals surface area contributed by atoms with Crippen molar-refractivity contribution < 1.29 is 14.5 Å². The van der Waals surface area contributed by atoms with Crippen molar-refractivity contribution in [1.29, 1.82) is 0 Å². The Morgan fingerprint density at radius 2 is 1.31 bits per heavy atom. The van der Waals surface area contributed by atoms with Crippen LogP contribution in [-0.2, 0) is 15.6 Å². The number of unbranched alkanes of at least 4 members (excludes halogenated alkanes) is 3. The molecule has 4 aromatic carbocycles. The Hall–Kier alpha value is -4.70. The van der Waals surface area contributed by atoms with Gasteiger partial charge in [0.1, 0.15) is 6.54 Å². The third-order valence-corrected chi connectivity index (χ3v) is 10.1. The first-order valence-electron chi connectivity index (χ1n) is 18.0. The molecule has 1 N–H and O–H groups in total. The number of nitrogens with zero attached hydrogens (tertiary/aromatic N) is 2. The summed E-state index contributed by atoms with van der Waals surface area (Å²) in [6.45, 7) is 15.9. The van der Waals surface area contributed by atoms with Crippen molar-refractivity contribution in [3.8, 4) is 0 Å². The van der Waals surface area contributed by atoms with Gasteiger partial charge in [-0.2, -0.15) is 4.58 Å². The lowest BCUT2D eigenvalue weighted by molar-refractivity contribution is -0.437. The summed E-state index contributed by atoms with van der Waals surface area (Å²) in [6.07, 6.45) is 21.8. The van der Waals surface area contributed by atoms with Crippen molar-refractivity contribution in [1.82, 2.24) is 0 Å². The van der Waals surface area contributed by atoms with Crippen molar-refractivity contribution in [2.75, 3.05) is 18.0 Å². The van der Waals surface area contributed by atoms with Crippen LogP contribution in [0.1, 0.15) is 84.8 Å². The van der Waals surface area contributed by atoms with E-state index in [1.807, 2.05) is 0 Å². The molecular weight excluding hydrogens is 601 g/mol. The molecule has 254 valence electrons. The Kier molecular flexibility index (Phi) is 11.4. The zero-order valence-electron chi connectivity index (χ0n) is 30.2. The number of carbonyl (C=O) groups is 1. The van der Waals surface area contributed by atoms with Gasteiger partial charge < -0.3 is 10.0 Å². The molecule has 2 aliphatic heterocycles. The maximum absolute atomic E-state index is 8.36. The van der Waals surface area contributed by atoms with Crippen molar-refractivity contribution >= 4 is 45.1 Å². The maximum Gasteiger partial charge on any atom is 0.290 e. The van der Waals surface area contributed by atoms with Crippen LogP contribution in [0.2, 0.25) is 0 Å². The Balaban J connectivity index is 0.00000151. The fourth-order valence-electron chi connectivity index (χ4n) is 7.96. The zero-order valence-corrected chi connectivity index (χ0v) is 30.2. The predicted octanol–water partition coefficient (Wildman–Crippen LogP) is 11.4. The van der Waals surface area contributed by atoms with Gasteiger partial charge in [0.05, 0.1) is 5.41 Å². The quantitative estimate of drug-likeness (QED) is 0.0758. The van der Waals surface area contributed by atoms with Gasteiger partial charge in [-0.3, -0.25) is 4.79 Å². The van der Waals surface area contributed by atoms with Crippen molar-refractivity contribution in [2.24, 2.45) is 0 Å². The van der Waals surface area contributed by atoms with Crippen LogP contribution in [0.4, 0.5) is 11.4 Å². The first-order chi connectivity index (χ1) is 23.7. The molecule has 0 unspecified atom stereocenters. The fourth-order valence-corrected chi connectivity index (χ4v) is 7.96. The van der Waals surface area contributed by atoms with Crippen LogP contribution in [0, 0.1) is 0 Å². The predicted molar refractivity (Wildman–Crippen MR) is 210 cm³/mol. The number of rotatable bonds is 11. The second-order valence-electron chi connectivity index (χ2n) is 14.1. The van der Waals surface area contributed by atoms with Crippen LogP contribution in [0.15, 0.2) is 121 Å². The van der Waals surface area contributed by atoms with Gasteiger partial charge in [0.15, 0.2) is 5.71 Å². The van der Waals surface area contributed by atoms with E-state index >= 15 is 0 Å². The van der Waals surface area contributed by atoms with E-state index in [0.29, 0.717) is 0 Å². The van der Waals surface area contributed by atoms with E-state index in [0.717, 1.165) is 19.5 Å². The van der Waals surface area contributed by atoms with E-state index in [1.165, 1.54) is 81.1 Å². The molecule has 4 heteroatoms. The molecular formula is C45H53N2O2+. The molecule has 0 bridgehead atoms. The molecule has 2 aliphatic rings. The van der Waals surface area contributed by atoms with Crippen molar-refractivity contribution in [2.45, 2.75) is 84.5 Å². The van der Waals surface area contributed by atoms with Crippen LogP contribution in [0.3, 0.4) is 0 Å². The molecule has 0 fully saturated rings. The molecule has 4 nitrogen and oxygen atoms in total. The van der Waals surface area contributed by atoms with Crippen molar-refractivity contribution in [3.05, 3.63) is 132 Å². The Morgan fingerprint density at radius 3 is 1.98 bits per heavy atom. The second kappa shape index (κ2) is 15.7. The highest BCUT2D eigenvalue weighted by molar-refractivity contribution is 6.07. The third-order valence-electron chi connectivity index (χ3n) is 10.1. The van der Waals surface area contributed by atoms with Gasteiger partial charge in [-0.15, -0.1) is 0 Å². The summed E-state index contributed by atoms with van der Waals surface area (Å²) >= 11 is 0. The number of anilines is 1. The largest absolute Gasteiger partial charge is 0.483 e. The lowest BCUT2D eigenvalue weighted by Crippen LogP contribution is -2.28. The number of carboxylic acid groups (broad SMARTS) is 1. The molecule has 2 heterocycles. The van der Waals surface area contributed by atoms with Crippen LogP contribution < -0.4 is 4.90 Å². The second-order valence-corrected chi connectivity index (χ2v) is 14.1.